The molecule has 0 saturated heterocycles. The summed E-state index contributed by atoms with van der Waals surface area (Å²) in [6, 6.07) is 8.10. The fraction of sp³-hybridized carbons (Fsp3) is 0.250. The monoisotopic (exact) mass is 360 g/mol. The SMILES string of the molecule is CC1(C)CC(N2C=CC=CC=C2)=CC=[N+]1Cc1ccc(Cl)cc1.[Cl-]. The van der Waals surface area contributed by atoms with Gasteiger partial charge < -0.3 is 17.3 Å². The van der Waals surface area contributed by atoms with E-state index in [1.807, 2.05) is 24.3 Å². The quantitative estimate of drug-likeness (QED) is 0.746. The Morgan fingerprint density at radius 2 is 1.67 bits per heavy atom. The molecule has 1 aromatic rings. The summed E-state index contributed by atoms with van der Waals surface area (Å²) in [6.45, 7) is 5.47. The zero-order chi connectivity index (χ0) is 16.3. The predicted octanol–water partition coefficient (Wildman–Crippen LogP) is 1.89. The molecule has 2 aliphatic heterocycles. The molecule has 126 valence electrons. The van der Waals surface area contributed by atoms with Gasteiger partial charge in [0.05, 0.1) is 6.42 Å². The topological polar surface area (TPSA) is 6.25 Å². The normalized spacial score (nSPS) is 18.5. The average molecular weight is 361 g/mol. The zero-order valence-electron chi connectivity index (χ0n) is 14.0. The molecule has 0 bridgehead atoms. The van der Waals surface area contributed by atoms with Crippen molar-refractivity contribution >= 4 is 17.8 Å². The van der Waals surface area contributed by atoms with Gasteiger partial charge in [0.1, 0.15) is 0 Å². The first-order valence-corrected chi connectivity index (χ1v) is 8.28. The maximum atomic E-state index is 5.97. The maximum Gasteiger partial charge on any atom is 0.168 e. The largest absolute Gasteiger partial charge is 1.00 e. The van der Waals surface area contributed by atoms with E-state index < -0.39 is 0 Å². The molecular weight excluding hydrogens is 339 g/mol. The number of benzene rings is 1. The summed E-state index contributed by atoms with van der Waals surface area (Å²) in [5.74, 6) is 0. The van der Waals surface area contributed by atoms with Gasteiger partial charge in [-0.05, 0) is 24.3 Å². The van der Waals surface area contributed by atoms with Crippen LogP contribution in [0.2, 0.25) is 5.02 Å². The minimum atomic E-state index is 0. The van der Waals surface area contributed by atoms with Gasteiger partial charge in [0.15, 0.2) is 18.3 Å². The summed E-state index contributed by atoms with van der Waals surface area (Å²) >= 11 is 5.97. The van der Waals surface area contributed by atoms with Gasteiger partial charge in [-0.3, -0.25) is 0 Å². The lowest BCUT2D eigenvalue weighted by atomic mass is 9.93. The minimum absolute atomic E-state index is 0. The van der Waals surface area contributed by atoms with Crippen LogP contribution in [0.5, 0.6) is 0 Å². The molecule has 0 radical (unpaired) electrons. The second kappa shape index (κ2) is 7.87. The number of hydrogen-bond acceptors (Lipinski definition) is 1. The molecule has 0 spiro atoms. The summed E-state index contributed by atoms with van der Waals surface area (Å²) in [5.41, 5.74) is 2.64. The van der Waals surface area contributed by atoms with Gasteiger partial charge in [-0.25, -0.2) is 4.58 Å². The van der Waals surface area contributed by atoms with Crippen molar-refractivity contribution in [1.82, 2.24) is 4.90 Å². The lowest BCUT2D eigenvalue weighted by Crippen LogP contribution is -3.00. The van der Waals surface area contributed by atoms with E-state index in [0.717, 1.165) is 18.0 Å². The summed E-state index contributed by atoms with van der Waals surface area (Å²) < 4.78 is 2.39. The van der Waals surface area contributed by atoms with E-state index in [1.165, 1.54) is 11.3 Å². The Morgan fingerprint density at radius 3 is 2.25 bits per heavy atom. The Kier molecular flexibility index (Phi) is 6.09. The molecule has 0 atom stereocenters. The third kappa shape index (κ3) is 4.40. The van der Waals surface area contributed by atoms with Crippen molar-refractivity contribution in [3.05, 3.63) is 83.3 Å². The average Bonchev–Trinajstić information content (AvgIpc) is 2.80. The van der Waals surface area contributed by atoms with Crippen LogP contribution < -0.4 is 12.4 Å². The van der Waals surface area contributed by atoms with Gasteiger partial charge in [-0.1, -0.05) is 35.9 Å². The number of rotatable bonds is 3. The predicted molar refractivity (Wildman–Crippen MR) is 97.5 cm³/mol. The zero-order valence-corrected chi connectivity index (χ0v) is 15.5. The second-order valence-corrected chi connectivity index (χ2v) is 6.96. The lowest BCUT2D eigenvalue weighted by molar-refractivity contribution is -0.612. The van der Waals surface area contributed by atoms with Gasteiger partial charge in [-0.2, -0.15) is 0 Å². The van der Waals surface area contributed by atoms with Crippen molar-refractivity contribution in [3.8, 4) is 0 Å². The van der Waals surface area contributed by atoms with Crippen LogP contribution in [-0.2, 0) is 6.54 Å². The molecule has 1 aromatic carbocycles. The van der Waals surface area contributed by atoms with Gasteiger partial charge in [0.2, 0.25) is 0 Å². The number of allylic oxidation sites excluding steroid dienone is 5. The molecule has 0 amide bonds. The van der Waals surface area contributed by atoms with E-state index in [0.29, 0.717) is 0 Å². The Labute approximate surface area is 155 Å². The van der Waals surface area contributed by atoms with Crippen molar-refractivity contribution in [2.24, 2.45) is 0 Å². The molecule has 2 aliphatic rings. The highest BCUT2D eigenvalue weighted by atomic mass is 35.5. The molecule has 0 aliphatic carbocycles. The first-order chi connectivity index (χ1) is 11.0. The van der Waals surface area contributed by atoms with Crippen molar-refractivity contribution in [2.45, 2.75) is 32.4 Å². The Morgan fingerprint density at radius 1 is 1.04 bits per heavy atom. The fourth-order valence-electron chi connectivity index (χ4n) is 2.87. The highest BCUT2D eigenvalue weighted by Gasteiger charge is 2.34. The van der Waals surface area contributed by atoms with Crippen LogP contribution in [0.3, 0.4) is 0 Å². The fourth-order valence-corrected chi connectivity index (χ4v) is 2.99. The van der Waals surface area contributed by atoms with E-state index >= 15 is 0 Å². The number of nitrogens with zero attached hydrogens (tertiary/aromatic N) is 2. The number of halogens is 2. The summed E-state index contributed by atoms with van der Waals surface area (Å²) in [7, 11) is 0. The first kappa shape index (κ1) is 18.6. The van der Waals surface area contributed by atoms with Gasteiger partial charge >= 0.3 is 0 Å². The van der Waals surface area contributed by atoms with Crippen molar-refractivity contribution in [1.29, 1.82) is 0 Å². The van der Waals surface area contributed by atoms with E-state index in [4.69, 9.17) is 11.6 Å². The molecule has 0 unspecified atom stereocenters. The first-order valence-electron chi connectivity index (χ1n) is 7.90. The summed E-state index contributed by atoms with van der Waals surface area (Å²) in [4.78, 5) is 2.19. The van der Waals surface area contributed by atoms with Crippen LogP contribution in [0, 0.1) is 0 Å². The minimum Gasteiger partial charge on any atom is -1.00 e. The lowest BCUT2D eigenvalue weighted by Gasteiger charge is -2.30. The van der Waals surface area contributed by atoms with Crippen LogP contribution in [0.25, 0.3) is 0 Å². The molecule has 0 fully saturated rings. The van der Waals surface area contributed by atoms with E-state index in [1.54, 1.807) is 0 Å². The van der Waals surface area contributed by atoms with Gasteiger partial charge in [0.25, 0.3) is 0 Å². The maximum absolute atomic E-state index is 5.97. The van der Waals surface area contributed by atoms with Crippen LogP contribution in [0.15, 0.2) is 72.7 Å². The molecule has 0 N–H and O–H groups in total. The van der Waals surface area contributed by atoms with Crippen molar-refractivity contribution in [2.75, 3.05) is 0 Å². The Balaban J connectivity index is 0.00000208. The molecule has 2 heterocycles. The molecule has 2 nitrogen and oxygen atoms in total. The smallest absolute Gasteiger partial charge is 0.168 e. The van der Waals surface area contributed by atoms with Gasteiger partial charge in [-0.15, -0.1) is 0 Å². The van der Waals surface area contributed by atoms with Crippen LogP contribution in [0.4, 0.5) is 0 Å². The van der Waals surface area contributed by atoms with Crippen molar-refractivity contribution in [3.63, 3.8) is 0 Å². The van der Waals surface area contributed by atoms with E-state index in [-0.39, 0.29) is 17.9 Å². The molecule has 0 aromatic heterocycles. The van der Waals surface area contributed by atoms with E-state index in [2.05, 4.69) is 72.3 Å². The molecule has 4 heteroatoms. The van der Waals surface area contributed by atoms with Crippen LogP contribution >= 0.6 is 11.6 Å². The van der Waals surface area contributed by atoms with Crippen LogP contribution in [-0.4, -0.2) is 21.2 Å². The van der Waals surface area contributed by atoms with E-state index in [9.17, 15) is 0 Å². The highest BCUT2D eigenvalue weighted by molar-refractivity contribution is 6.30. The number of hydrogen-bond donors (Lipinski definition) is 0. The van der Waals surface area contributed by atoms with Gasteiger partial charge in [0, 0.05) is 48.6 Å². The summed E-state index contributed by atoms with van der Waals surface area (Å²) in [6.07, 6.45) is 17.8. The van der Waals surface area contributed by atoms with Crippen molar-refractivity contribution < 1.29 is 17.0 Å². The standard InChI is InChI=1S/C20H22ClN2.ClH/c1-20(2)15-19(22-12-5-3-4-6-13-22)11-14-23(20)16-17-7-9-18(21)10-8-17;/h3-14H,15-16H2,1-2H3;1H/q+1;/p-1. The highest BCUT2D eigenvalue weighted by Crippen LogP contribution is 2.27. The molecule has 3 rings (SSSR count). The third-order valence-corrected chi connectivity index (χ3v) is 4.51. The molecule has 0 saturated carbocycles. The molecular formula is C20H22Cl2N2. The Bertz CT molecular complexity index is 707. The van der Waals surface area contributed by atoms with Crippen LogP contribution in [0.1, 0.15) is 25.8 Å². The second-order valence-electron chi connectivity index (χ2n) is 6.53. The summed E-state index contributed by atoms with van der Waals surface area (Å²) in [5, 5.41) is 0.783. The third-order valence-electron chi connectivity index (χ3n) is 4.26. The molecule has 24 heavy (non-hydrogen) atoms. The Hall–Kier alpha value is -1.77.